The topological polar surface area (TPSA) is 48.0 Å². The molecule has 0 radical (unpaired) electrons. The van der Waals surface area contributed by atoms with Gasteiger partial charge in [0.15, 0.2) is 0 Å². The second-order valence-corrected chi connectivity index (χ2v) is 10.9. The number of para-hydroxylation sites is 2. The van der Waals surface area contributed by atoms with Gasteiger partial charge in [0.05, 0.1) is 33.8 Å². The molecule has 0 fully saturated rings. The standard InChI is InChI=1S/C36H21N5/c1-2-6-22(7-3-1)40-29-9-5-4-8-25(29)35-31(40)13-10-21-18-26-23(33(21)35)11-12-24-27-19-37-17-15-30(27)41-32-20-38-16-14-28(32)39-36(41)34(24)26/h1-17,19-20H,18H2. The van der Waals surface area contributed by atoms with Crippen LogP contribution in [0.4, 0.5) is 0 Å². The largest absolute Gasteiger partial charge is 0.309 e. The van der Waals surface area contributed by atoms with Crippen molar-refractivity contribution in [3.05, 3.63) is 127 Å². The van der Waals surface area contributed by atoms with Crippen molar-refractivity contribution >= 4 is 60.2 Å². The molecule has 5 heterocycles. The maximum Gasteiger partial charge on any atom is 0.146 e. The van der Waals surface area contributed by atoms with E-state index < -0.39 is 0 Å². The van der Waals surface area contributed by atoms with E-state index in [-0.39, 0.29) is 0 Å². The average Bonchev–Trinajstić information content (AvgIpc) is 3.71. The minimum Gasteiger partial charge on any atom is -0.309 e. The number of benzene rings is 4. The zero-order chi connectivity index (χ0) is 26.7. The van der Waals surface area contributed by atoms with Crippen molar-refractivity contribution in [2.75, 3.05) is 0 Å². The summed E-state index contributed by atoms with van der Waals surface area (Å²) < 4.78 is 4.66. The molecule has 0 bridgehead atoms. The molecule has 9 aromatic rings. The lowest BCUT2D eigenvalue weighted by Crippen LogP contribution is -1.95. The second kappa shape index (κ2) is 7.55. The Morgan fingerprint density at radius 1 is 0.585 bits per heavy atom. The van der Waals surface area contributed by atoms with E-state index in [1.165, 1.54) is 60.5 Å². The van der Waals surface area contributed by atoms with E-state index in [0.717, 1.165) is 34.0 Å². The molecule has 41 heavy (non-hydrogen) atoms. The molecule has 0 saturated carbocycles. The summed E-state index contributed by atoms with van der Waals surface area (Å²) in [5.41, 5.74) is 13.0. The normalized spacial score (nSPS) is 12.8. The van der Waals surface area contributed by atoms with Crippen LogP contribution in [0.3, 0.4) is 0 Å². The van der Waals surface area contributed by atoms with Crippen LogP contribution >= 0.6 is 0 Å². The molecule has 0 spiro atoms. The summed E-state index contributed by atoms with van der Waals surface area (Å²) in [6.07, 6.45) is 8.45. The number of aromatic nitrogens is 5. The predicted octanol–water partition coefficient (Wildman–Crippen LogP) is 8.25. The highest BCUT2D eigenvalue weighted by atomic mass is 15.0. The van der Waals surface area contributed by atoms with Gasteiger partial charge in [0.2, 0.25) is 0 Å². The van der Waals surface area contributed by atoms with Crippen molar-refractivity contribution in [3.8, 4) is 16.8 Å². The van der Waals surface area contributed by atoms with Gasteiger partial charge in [0.25, 0.3) is 0 Å². The fourth-order valence-electron chi connectivity index (χ4n) is 7.27. The van der Waals surface area contributed by atoms with Crippen molar-refractivity contribution in [2.45, 2.75) is 6.42 Å². The van der Waals surface area contributed by atoms with Crippen LogP contribution in [-0.4, -0.2) is 23.9 Å². The van der Waals surface area contributed by atoms with Crippen LogP contribution in [-0.2, 0) is 6.42 Å². The van der Waals surface area contributed by atoms with Gasteiger partial charge in [0, 0.05) is 45.8 Å². The quantitative estimate of drug-likeness (QED) is 0.204. The Bertz CT molecular complexity index is 2550. The summed E-state index contributed by atoms with van der Waals surface area (Å²) in [5.74, 6) is 0. The van der Waals surface area contributed by atoms with Crippen LogP contribution in [0.2, 0.25) is 0 Å². The van der Waals surface area contributed by atoms with Crippen molar-refractivity contribution in [2.24, 2.45) is 0 Å². The number of hydrogen-bond donors (Lipinski definition) is 0. The number of imidazole rings is 1. The van der Waals surface area contributed by atoms with Gasteiger partial charge in [-0.15, -0.1) is 0 Å². The number of hydrogen-bond acceptors (Lipinski definition) is 3. The monoisotopic (exact) mass is 523 g/mol. The van der Waals surface area contributed by atoms with E-state index in [4.69, 9.17) is 4.98 Å². The van der Waals surface area contributed by atoms with Gasteiger partial charge < -0.3 is 4.57 Å². The van der Waals surface area contributed by atoms with Crippen LogP contribution in [0.1, 0.15) is 11.1 Å². The number of rotatable bonds is 1. The van der Waals surface area contributed by atoms with Gasteiger partial charge >= 0.3 is 0 Å². The molecule has 5 nitrogen and oxygen atoms in total. The lowest BCUT2D eigenvalue weighted by atomic mass is 9.96. The lowest BCUT2D eigenvalue weighted by Gasteiger charge is -2.12. The van der Waals surface area contributed by atoms with Crippen LogP contribution < -0.4 is 0 Å². The molecule has 0 aliphatic heterocycles. The molecular weight excluding hydrogens is 502 g/mol. The van der Waals surface area contributed by atoms with E-state index in [2.05, 4.69) is 104 Å². The first kappa shape index (κ1) is 21.3. The zero-order valence-electron chi connectivity index (χ0n) is 21.9. The summed E-state index contributed by atoms with van der Waals surface area (Å²) in [7, 11) is 0. The Morgan fingerprint density at radius 2 is 1.44 bits per heavy atom. The highest BCUT2D eigenvalue weighted by Crippen LogP contribution is 2.49. The lowest BCUT2D eigenvalue weighted by molar-refractivity contribution is 1.18. The van der Waals surface area contributed by atoms with Gasteiger partial charge in [-0.1, -0.05) is 54.6 Å². The molecule has 10 rings (SSSR count). The van der Waals surface area contributed by atoms with Crippen LogP contribution in [0, 0.1) is 0 Å². The molecular formula is C36H21N5. The molecule has 5 aromatic heterocycles. The van der Waals surface area contributed by atoms with E-state index in [9.17, 15) is 0 Å². The molecule has 190 valence electrons. The zero-order valence-corrected chi connectivity index (χ0v) is 21.9. The van der Waals surface area contributed by atoms with Gasteiger partial charge in [-0.2, -0.15) is 0 Å². The number of pyridine rings is 3. The minimum absolute atomic E-state index is 0.867. The third-order valence-electron chi connectivity index (χ3n) is 8.90. The number of nitrogens with zero attached hydrogens (tertiary/aromatic N) is 5. The van der Waals surface area contributed by atoms with Gasteiger partial charge in [-0.25, -0.2) is 4.98 Å². The van der Waals surface area contributed by atoms with Crippen LogP contribution in [0.5, 0.6) is 0 Å². The molecule has 0 amide bonds. The Hall–Kier alpha value is -5.55. The fraction of sp³-hybridized carbons (Fsp3) is 0.0278. The third-order valence-corrected chi connectivity index (χ3v) is 8.90. The van der Waals surface area contributed by atoms with E-state index >= 15 is 0 Å². The average molecular weight is 524 g/mol. The number of fused-ring (bicyclic) bond motifs is 16. The van der Waals surface area contributed by atoms with E-state index in [0.29, 0.717) is 0 Å². The molecule has 1 aliphatic rings. The molecule has 1 aliphatic carbocycles. The highest BCUT2D eigenvalue weighted by Gasteiger charge is 2.28. The Kier molecular flexibility index (Phi) is 3.92. The second-order valence-electron chi connectivity index (χ2n) is 10.9. The van der Waals surface area contributed by atoms with Crippen molar-refractivity contribution in [1.29, 1.82) is 0 Å². The summed E-state index contributed by atoms with van der Waals surface area (Å²) in [4.78, 5) is 14.1. The first-order valence-electron chi connectivity index (χ1n) is 13.9. The maximum absolute atomic E-state index is 5.19. The summed E-state index contributed by atoms with van der Waals surface area (Å²) in [6, 6.07) is 32.8. The Labute approximate surface area is 234 Å². The van der Waals surface area contributed by atoms with Gasteiger partial charge in [-0.3, -0.25) is 14.4 Å². The first-order valence-corrected chi connectivity index (χ1v) is 13.9. The van der Waals surface area contributed by atoms with Crippen molar-refractivity contribution < 1.29 is 0 Å². The summed E-state index contributed by atoms with van der Waals surface area (Å²) in [6.45, 7) is 0. The first-order chi connectivity index (χ1) is 20.4. The van der Waals surface area contributed by atoms with Gasteiger partial charge in [0.1, 0.15) is 5.65 Å². The summed E-state index contributed by atoms with van der Waals surface area (Å²) >= 11 is 0. The van der Waals surface area contributed by atoms with Gasteiger partial charge in [-0.05, 0) is 70.5 Å². The van der Waals surface area contributed by atoms with Crippen molar-refractivity contribution in [1.82, 2.24) is 23.9 Å². The maximum atomic E-state index is 5.19. The fourth-order valence-corrected chi connectivity index (χ4v) is 7.27. The molecule has 0 atom stereocenters. The Morgan fingerprint density at radius 3 is 2.39 bits per heavy atom. The van der Waals surface area contributed by atoms with Crippen molar-refractivity contribution in [3.63, 3.8) is 0 Å². The van der Waals surface area contributed by atoms with E-state index in [1.807, 2.05) is 30.9 Å². The van der Waals surface area contributed by atoms with Crippen LogP contribution in [0.25, 0.3) is 77.0 Å². The predicted molar refractivity (Wildman–Crippen MR) is 166 cm³/mol. The Balaban J connectivity index is 1.38. The molecule has 0 saturated heterocycles. The van der Waals surface area contributed by atoms with E-state index in [1.54, 1.807) is 0 Å². The molecule has 5 heteroatoms. The summed E-state index contributed by atoms with van der Waals surface area (Å²) in [5, 5.41) is 6.12. The molecule has 4 aromatic carbocycles. The molecule has 0 unspecified atom stereocenters. The molecule has 0 N–H and O–H groups in total. The van der Waals surface area contributed by atoms with Crippen LogP contribution in [0.15, 0.2) is 116 Å². The smallest absolute Gasteiger partial charge is 0.146 e. The highest BCUT2D eigenvalue weighted by molar-refractivity contribution is 6.21. The SMILES string of the molecule is c1ccc(-n2c3ccccc3c3c4c(ccc32)Cc2c-4ccc3c4cnccc4n4c5cnccc5nc4c23)cc1. The minimum atomic E-state index is 0.867. The third kappa shape index (κ3) is 2.63.